The molecule has 88 valence electrons. The normalized spacial score (nSPS) is 13.4. The lowest BCUT2D eigenvalue weighted by Crippen LogP contribution is -2.46. The average Bonchev–Trinajstić information content (AvgIpc) is 1.98. The van der Waals surface area contributed by atoms with Crippen LogP contribution in [-0.4, -0.2) is 36.3 Å². The zero-order valence-electron chi connectivity index (χ0n) is 9.91. The summed E-state index contributed by atoms with van der Waals surface area (Å²) in [6.07, 6.45) is -0.104. The van der Waals surface area contributed by atoms with Crippen molar-refractivity contribution < 1.29 is 9.59 Å². The minimum absolute atomic E-state index is 0.0108. The predicted molar refractivity (Wildman–Crippen MR) is 58.9 cm³/mol. The summed E-state index contributed by atoms with van der Waals surface area (Å²) in [6.45, 7) is 6.67. The van der Waals surface area contributed by atoms with E-state index in [1.807, 2.05) is 20.8 Å². The number of hydrogen-bond acceptors (Lipinski definition) is 3. The van der Waals surface area contributed by atoms with Gasteiger partial charge in [-0.2, -0.15) is 0 Å². The van der Waals surface area contributed by atoms with E-state index in [0.717, 1.165) is 0 Å². The molecule has 0 aliphatic rings. The van der Waals surface area contributed by atoms with E-state index < -0.39 is 11.9 Å². The Morgan fingerprint density at radius 1 is 1.33 bits per heavy atom. The molecule has 0 bridgehead atoms. The van der Waals surface area contributed by atoms with E-state index in [1.165, 1.54) is 4.90 Å². The standard InChI is InChI=1S/C10H21N3O2/c1-10(2,3)6-13(4)9(15)7(11)5-8(12)14/h7H,5-6,11H2,1-4H3,(H2,12,14). The van der Waals surface area contributed by atoms with E-state index in [4.69, 9.17) is 11.5 Å². The molecule has 1 unspecified atom stereocenters. The van der Waals surface area contributed by atoms with E-state index >= 15 is 0 Å². The molecule has 4 N–H and O–H groups in total. The summed E-state index contributed by atoms with van der Waals surface area (Å²) in [5.41, 5.74) is 10.5. The van der Waals surface area contributed by atoms with Crippen LogP contribution in [0.3, 0.4) is 0 Å². The highest BCUT2D eigenvalue weighted by molar-refractivity contribution is 5.87. The van der Waals surface area contributed by atoms with Crippen LogP contribution in [0.15, 0.2) is 0 Å². The molecular formula is C10H21N3O2. The maximum Gasteiger partial charge on any atom is 0.239 e. The number of amides is 2. The fourth-order valence-electron chi connectivity index (χ4n) is 1.38. The lowest BCUT2D eigenvalue weighted by atomic mass is 9.96. The quantitative estimate of drug-likeness (QED) is 0.674. The van der Waals surface area contributed by atoms with Crippen LogP contribution in [0.1, 0.15) is 27.2 Å². The van der Waals surface area contributed by atoms with Crippen molar-refractivity contribution in [2.45, 2.75) is 33.2 Å². The molecule has 2 amide bonds. The molecule has 0 aromatic rings. The van der Waals surface area contributed by atoms with Crippen molar-refractivity contribution >= 4 is 11.8 Å². The van der Waals surface area contributed by atoms with Crippen molar-refractivity contribution in [3.8, 4) is 0 Å². The smallest absolute Gasteiger partial charge is 0.239 e. The maximum absolute atomic E-state index is 11.6. The molecule has 0 saturated carbocycles. The summed E-state index contributed by atoms with van der Waals surface area (Å²) in [5.74, 6) is -0.802. The third kappa shape index (κ3) is 6.06. The Morgan fingerprint density at radius 2 is 1.80 bits per heavy atom. The van der Waals surface area contributed by atoms with Crippen molar-refractivity contribution in [1.82, 2.24) is 4.90 Å². The largest absolute Gasteiger partial charge is 0.370 e. The van der Waals surface area contributed by atoms with E-state index in [2.05, 4.69) is 0 Å². The molecule has 5 nitrogen and oxygen atoms in total. The predicted octanol–water partition coefficient (Wildman–Crippen LogP) is -0.306. The van der Waals surface area contributed by atoms with Crippen molar-refractivity contribution in [3.63, 3.8) is 0 Å². The van der Waals surface area contributed by atoms with E-state index in [0.29, 0.717) is 6.54 Å². The molecule has 0 rings (SSSR count). The van der Waals surface area contributed by atoms with Gasteiger partial charge in [0.15, 0.2) is 0 Å². The Bertz CT molecular complexity index is 246. The number of rotatable bonds is 4. The fourth-order valence-corrected chi connectivity index (χ4v) is 1.38. The summed E-state index contributed by atoms with van der Waals surface area (Å²) in [7, 11) is 1.68. The lowest BCUT2D eigenvalue weighted by molar-refractivity contribution is -0.134. The molecule has 0 radical (unpaired) electrons. The summed E-state index contributed by atoms with van der Waals surface area (Å²) in [5, 5.41) is 0. The molecule has 0 aromatic heterocycles. The van der Waals surface area contributed by atoms with Crippen molar-refractivity contribution in [2.24, 2.45) is 16.9 Å². The number of primary amides is 1. The number of likely N-dealkylation sites (N-methyl/N-ethyl adjacent to an activating group) is 1. The first-order valence-corrected chi connectivity index (χ1v) is 4.92. The minimum atomic E-state index is -0.824. The van der Waals surface area contributed by atoms with Gasteiger partial charge in [0, 0.05) is 13.6 Å². The monoisotopic (exact) mass is 215 g/mol. The van der Waals surface area contributed by atoms with Crippen LogP contribution in [0, 0.1) is 5.41 Å². The van der Waals surface area contributed by atoms with Gasteiger partial charge in [0.05, 0.1) is 12.5 Å². The molecule has 0 aliphatic heterocycles. The van der Waals surface area contributed by atoms with Gasteiger partial charge in [0.1, 0.15) is 0 Å². The second-order valence-electron chi connectivity index (χ2n) is 5.03. The molecule has 5 heteroatoms. The summed E-state index contributed by atoms with van der Waals surface area (Å²) < 4.78 is 0. The first-order valence-electron chi connectivity index (χ1n) is 4.92. The van der Waals surface area contributed by atoms with Gasteiger partial charge in [0.25, 0.3) is 0 Å². The number of carbonyl (C=O) groups excluding carboxylic acids is 2. The molecule has 1 atom stereocenters. The topological polar surface area (TPSA) is 89.4 Å². The van der Waals surface area contributed by atoms with Crippen LogP contribution in [-0.2, 0) is 9.59 Å². The van der Waals surface area contributed by atoms with E-state index in [-0.39, 0.29) is 17.7 Å². The molecule has 0 saturated heterocycles. The highest BCUT2D eigenvalue weighted by Gasteiger charge is 2.23. The highest BCUT2D eigenvalue weighted by Crippen LogP contribution is 2.14. The molecule has 0 heterocycles. The fraction of sp³-hybridized carbons (Fsp3) is 0.800. The zero-order valence-corrected chi connectivity index (χ0v) is 9.91. The number of carbonyl (C=O) groups is 2. The number of nitrogens with two attached hydrogens (primary N) is 2. The van der Waals surface area contributed by atoms with Crippen LogP contribution in [0.4, 0.5) is 0 Å². The van der Waals surface area contributed by atoms with Crippen molar-refractivity contribution in [2.75, 3.05) is 13.6 Å². The highest BCUT2D eigenvalue weighted by atomic mass is 16.2. The van der Waals surface area contributed by atoms with Gasteiger partial charge in [-0.05, 0) is 5.41 Å². The maximum atomic E-state index is 11.6. The van der Waals surface area contributed by atoms with Gasteiger partial charge < -0.3 is 16.4 Å². The van der Waals surface area contributed by atoms with Crippen molar-refractivity contribution in [1.29, 1.82) is 0 Å². The third-order valence-electron chi connectivity index (χ3n) is 1.83. The number of hydrogen-bond donors (Lipinski definition) is 2. The second-order valence-corrected chi connectivity index (χ2v) is 5.03. The van der Waals surface area contributed by atoms with Crippen molar-refractivity contribution in [3.05, 3.63) is 0 Å². The first kappa shape index (κ1) is 13.9. The van der Waals surface area contributed by atoms with Gasteiger partial charge in [-0.25, -0.2) is 0 Å². The van der Waals surface area contributed by atoms with Crippen LogP contribution in [0.2, 0.25) is 0 Å². The minimum Gasteiger partial charge on any atom is -0.370 e. The molecule has 0 spiro atoms. The Balaban J connectivity index is 4.26. The van der Waals surface area contributed by atoms with Gasteiger partial charge in [-0.1, -0.05) is 20.8 Å². The van der Waals surface area contributed by atoms with Crippen LogP contribution < -0.4 is 11.5 Å². The summed E-state index contributed by atoms with van der Waals surface area (Å²) in [6, 6.07) is -0.824. The zero-order chi connectivity index (χ0) is 12.2. The first-order chi connectivity index (χ1) is 6.63. The van der Waals surface area contributed by atoms with Gasteiger partial charge in [-0.15, -0.1) is 0 Å². The van der Waals surface area contributed by atoms with Gasteiger partial charge >= 0.3 is 0 Å². The molecule has 0 fully saturated rings. The van der Waals surface area contributed by atoms with Crippen LogP contribution in [0.25, 0.3) is 0 Å². The number of nitrogens with zero attached hydrogens (tertiary/aromatic N) is 1. The lowest BCUT2D eigenvalue weighted by Gasteiger charge is -2.28. The SMILES string of the molecule is CN(CC(C)(C)C)C(=O)C(N)CC(N)=O. The second kappa shape index (κ2) is 5.11. The Kier molecular flexibility index (Phi) is 4.74. The Hall–Kier alpha value is -1.10. The average molecular weight is 215 g/mol. The summed E-state index contributed by atoms with van der Waals surface area (Å²) in [4.78, 5) is 23.8. The molecule has 0 aliphatic carbocycles. The van der Waals surface area contributed by atoms with Gasteiger partial charge in [-0.3, -0.25) is 9.59 Å². The third-order valence-corrected chi connectivity index (χ3v) is 1.83. The Labute approximate surface area is 90.8 Å². The van der Waals surface area contributed by atoms with Gasteiger partial charge in [0.2, 0.25) is 11.8 Å². The molecular weight excluding hydrogens is 194 g/mol. The van der Waals surface area contributed by atoms with Crippen LogP contribution in [0.5, 0.6) is 0 Å². The van der Waals surface area contributed by atoms with E-state index in [9.17, 15) is 9.59 Å². The molecule has 15 heavy (non-hydrogen) atoms. The van der Waals surface area contributed by atoms with Crippen LogP contribution >= 0.6 is 0 Å². The Morgan fingerprint density at radius 3 is 2.13 bits per heavy atom. The summed E-state index contributed by atoms with van der Waals surface area (Å²) >= 11 is 0. The molecule has 0 aromatic carbocycles. The van der Waals surface area contributed by atoms with E-state index in [1.54, 1.807) is 7.05 Å².